The summed E-state index contributed by atoms with van der Waals surface area (Å²) in [7, 11) is 0. The average Bonchev–Trinajstić information content (AvgIpc) is 3.47. The maximum absolute atomic E-state index is 13.4. The van der Waals surface area contributed by atoms with Crippen LogP contribution in [0.5, 0.6) is 0 Å². The van der Waals surface area contributed by atoms with Crippen LogP contribution in [0, 0.1) is 5.92 Å². The van der Waals surface area contributed by atoms with E-state index in [4.69, 9.17) is 28.3 Å². The van der Waals surface area contributed by atoms with Gasteiger partial charge in [0.05, 0.1) is 0 Å². The molecule has 1 aliphatic carbocycles. The molecule has 0 unspecified atom stereocenters. The van der Waals surface area contributed by atoms with Gasteiger partial charge in [-0.15, -0.1) is 0 Å². The van der Waals surface area contributed by atoms with Crippen molar-refractivity contribution in [2.45, 2.75) is 51.4 Å². The van der Waals surface area contributed by atoms with Gasteiger partial charge in [-0.05, 0) is 0 Å². The molecule has 0 spiro atoms. The molecule has 4 nitrogen and oxygen atoms in total. The number of likely N-dealkylation sites (tertiary alicyclic amines) is 1. The molecule has 3 heterocycles. The van der Waals surface area contributed by atoms with Gasteiger partial charge in [-0.25, -0.2) is 0 Å². The van der Waals surface area contributed by atoms with Crippen LogP contribution >= 0.6 is 39.1 Å². The fourth-order valence-corrected chi connectivity index (χ4v) is 8.37. The molecule has 35 heavy (non-hydrogen) atoms. The quantitative estimate of drug-likeness (QED) is 0.266. The predicted octanol–water partition coefficient (Wildman–Crippen LogP) is 7.89. The number of carbonyl (C=O) groups excluding carboxylic acids is 1. The van der Waals surface area contributed by atoms with Gasteiger partial charge in [0.25, 0.3) is 0 Å². The summed E-state index contributed by atoms with van der Waals surface area (Å²) in [5.74, 6) is 0.668. The van der Waals surface area contributed by atoms with E-state index in [1.165, 1.54) is 47.4 Å². The third-order valence-electron chi connectivity index (χ3n) is 6.85. The molecule has 3 aromatic rings. The van der Waals surface area contributed by atoms with Gasteiger partial charge in [0.2, 0.25) is 0 Å². The molecule has 184 valence electrons. The number of halogens is 3. The molecule has 0 N–H and O–H groups in total. The number of allylic oxidation sites excluding steroid dienone is 1. The van der Waals surface area contributed by atoms with Crippen molar-refractivity contribution >= 4 is 65.6 Å². The molecule has 2 aliphatic rings. The second-order valence-electron chi connectivity index (χ2n) is 9.33. The van der Waals surface area contributed by atoms with Crippen molar-refractivity contribution in [3.8, 4) is 15.8 Å². The molecular weight excluding hydrogens is 612 g/mol. The second-order valence-corrected chi connectivity index (χ2v) is 13.3. The standard InChI is InChI=1S/C27H28BrCl2N3OSe/c28-24-25(27(34)32-15-5-2-6-16-32)31-33(22-13-10-19(29)17-21(22)30)26(24)23-14-12-20(35-23)11-9-18-7-3-1-4-8-18/h9-14,17-18H,1-8,15-16H2. The zero-order valence-electron chi connectivity index (χ0n) is 19.5. The Hall–Kier alpha value is -1.30. The predicted molar refractivity (Wildman–Crippen MR) is 149 cm³/mol. The molecule has 0 radical (unpaired) electrons. The van der Waals surface area contributed by atoms with E-state index >= 15 is 0 Å². The molecule has 5 rings (SSSR count). The number of piperidine rings is 1. The van der Waals surface area contributed by atoms with Crippen LogP contribution in [0.4, 0.5) is 0 Å². The van der Waals surface area contributed by atoms with E-state index in [1.54, 1.807) is 12.1 Å². The number of benzene rings is 1. The summed E-state index contributed by atoms with van der Waals surface area (Å²) in [4.78, 5) is 15.4. The van der Waals surface area contributed by atoms with Gasteiger partial charge >= 0.3 is 232 Å². The first-order valence-corrected chi connectivity index (χ1v) is 15.6. The first-order valence-electron chi connectivity index (χ1n) is 12.3. The van der Waals surface area contributed by atoms with Crippen LogP contribution in [0.15, 0.2) is 40.9 Å². The number of nitrogens with zero attached hydrogens (tertiary/aromatic N) is 3. The second kappa shape index (κ2) is 11.4. The third kappa shape index (κ3) is 5.67. The molecule has 2 aromatic heterocycles. The van der Waals surface area contributed by atoms with E-state index in [-0.39, 0.29) is 20.4 Å². The molecular formula is C27H28BrCl2N3OSe. The Morgan fingerprint density at radius 2 is 1.77 bits per heavy atom. The van der Waals surface area contributed by atoms with Crippen molar-refractivity contribution in [2.75, 3.05) is 13.1 Å². The number of hydrogen-bond acceptors (Lipinski definition) is 2. The van der Waals surface area contributed by atoms with Crippen molar-refractivity contribution < 1.29 is 4.79 Å². The van der Waals surface area contributed by atoms with Gasteiger partial charge in [0.1, 0.15) is 0 Å². The Kier molecular flexibility index (Phi) is 8.25. The Bertz CT molecular complexity index is 1240. The van der Waals surface area contributed by atoms with Crippen molar-refractivity contribution in [3.63, 3.8) is 0 Å². The van der Waals surface area contributed by atoms with Crippen molar-refractivity contribution in [3.05, 3.63) is 61.1 Å². The van der Waals surface area contributed by atoms with Gasteiger partial charge in [-0.1, -0.05) is 0 Å². The van der Waals surface area contributed by atoms with Crippen molar-refractivity contribution in [1.29, 1.82) is 0 Å². The summed E-state index contributed by atoms with van der Waals surface area (Å²) in [6, 6.07) is 9.75. The summed E-state index contributed by atoms with van der Waals surface area (Å²) in [6.45, 7) is 1.55. The zero-order chi connectivity index (χ0) is 24.4. The fraction of sp³-hybridized carbons (Fsp3) is 0.407. The van der Waals surface area contributed by atoms with E-state index in [1.807, 2.05) is 15.6 Å². The zero-order valence-corrected chi connectivity index (χ0v) is 24.3. The first-order chi connectivity index (χ1) is 17.0. The summed E-state index contributed by atoms with van der Waals surface area (Å²) in [6.07, 6.45) is 14.6. The first kappa shape index (κ1) is 25.4. The van der Waals surface area contributed by atoms with E-state index in [2.05, 4.69) is 40.2 Å². The average molecular weight is 640 g/mol. The summed E-state index contributed by atoms with van der Waals surface area (Å²) >= 11 is 16.6. The molecule has 2 fully saturated rings. The maximum atomic E-state index is 13.4. The fourth-order valence-electron chi connectivity index (χ4n) is 4.95. The van der Waals surface area contributed by atoms with E-state index in [0.717, 1.165) is 36.1 Å². The molecule has 1 saturated carbocycles. The molecule has 1 aromatic carbocycles. The van der Waals surface area contributed by atoms with Crippen LogP contribution in [0.3, 0.4) is 0 Å². The van der Waals surface area contributed by atoms with Gasteiger partial charge in [0.15, 0.2) is 0 Å². The SMILES string of the molecule is O=C(c1nn(-c2ccc(Cl)cc2Cl)c(-c2ccc(C=CC3CCCCC3)[se]2)c1Br)N1CCCCC1. The van der Waals surface area contributed by atoms with Gasteiger partial charge < -0.3 is 0 Å². The molecule has 1 saturated heterocycles. The number of rotatable bonds is 5. The van der Waals surface area contributed by atoms with Crippen LogP contribution < -0.4 is 0 Å². The number of amides is 1. The number of carbonyl (C=O) groups is 1. The van der Waals surface area contributed by atoms with E-state index in [9.17, 15) is 4.79 Å². The van der Waals surface area contributed by atoms with Gasteiger partial charge in [0, 0.05) is 0 Å². The van der Waals surface area contributed by atoms with Crippen molar-refractivity contribution in [1.82, 2.24) is 14.7 Å². The summed E-state index contributed by atoms with van der Waals surface area (Å²) < 4.78 is 5.06. The van der Waals surface area contributed by atoms with Crippen molar-refractivity contribution in [2.24, 2.45) is 5.92 Å². The Labute approximate surface area is 231 Å². The minimum absolute atomic E-state index is 0.0295. The molecule has 0 atom stereocenters. The number of hydrogen-bond donors (Lipinski definition) is 0. The van der Waals surface area contributed by atoms with E-state index < -0.39 is 0 Å². The normalized spacial score (nSPS) is 17.4. The Balaban J connectivity index is 1.53. The van der Waals surface area contributed by atoms with Crippen LogP contribution in [0.25, 0.3) is 21.9 Å². The third-order valence-corrected chi connectivity index (χ3v) is 10.4. The molecule has 1 aliphatic heterocycles. The minimum atomic E-state index is -0.0295. The van der Waals surface area contributed by atoms with Crippen LogP contribution in [-0.4, -0.2) is 48.2 Å². The monoisotopic (exact) mass is 639 g/mol. The Morgan fingerprint density at radius 1 is 1.03 bits per heavy atom. The number of aromatic nitrogens is 2. The topological polar surface area (TPSA) is 38.1 Å². The summed E-state index contributed by atoms with van der Waals surface area (Å²) in [5, 5.41) is 5.88. The Morgan fingerprint density at radius 3 is 2.51 bits per heavy atom. The van der Waals surface area contributed by atoms with Crippen LogP contribution in [0.1, 0.15) is 66.3 Å². The van der Waals surface area contributed by atoms with Crippen LogP contribution in [-0.2, 0) is 0 Å². The van der Waals surface area contributed by atoms with Gasteiger partial charge in [-0.3, -0.25) is 0 Å². The van der Waals surface area contributed by atoms with Gasteiger partial charge in [-0.2, -0.15) is 0 Å². The molecule has 0 bridgehead atoms. The van der Waals surface area contributed by atoms with Crippen LogP contribution in [0.2, 0.25) is 10.0 Å². The van der Waals surface area contributed by atoms with E-state index in [0.29, 0.717) is 27.3 Å². The summed E-state index contributed by atoms with van der Waals surface area (Å²) in [5.41, 5.74) is 2.05. The molecule has 1 amide bonds. The molecule has 8 heteroatoms.